The van der Waals surface area contributed by atoms with Crippen molar-refractivity contribution in [3.05, 3.63) is 32.3 Å². The summed E-state index contributed by atoms with van der Waals surface area (Å²) in [5.41, 5.74) is 0. The second kappa shape index (κ2) is 4.91. The van der Waals surface area contributed by atoms with Gasteiger partial charge >= 0.3 is 0 Å². The lowest BCUT2D eigenvalue weighted by Crippen LogP contribution is -1.83. The van der Waals surface area contributed by atoms with Crippen molar-refractivity contribution < 1.29 is 0 Å². The molecule has 0 saturated heterocycles. The Bertz CT molecular complexity index is 228. The van der Waals surface area contributed by atoms with E-state index >= 15 is 0 Å². The van der Waals surface area contributed by atoms with Gasteiger partial charge in [0.25, 0.3) is 0 Å². The quantitative estimate of drug-likeness (QED) is 0.548. The molecule has 0 aromatic heterocycles. The van der Waals surface area contributed by atoms with E-state index in [2.05, 4.69) is 70.3 Å². The first-order chi connectivity index (χ1) is 5.25. The molecule has 1 aromatic carbocycles. The van der Waals surface area contributed by atoms with Crippen LogP contribution in [0.25, 0.3) is 0 Å². The van der Waals surface area contributed by atoms with Crippen LogP contribution in [0.4, 0.5) is 0 Å². The monoisotopic (exact) mass is 389 g/mol. The summed E-state index contributed by atoms with van der Waals surface area (Å²) in [6, 6.07) is 6.33. The fourth-order valence-electron chi connectivity index (χ4n) is 0.722. The Morgan fingerprint density at radius 2 is 1.82 bits per heavy atom. The molecule has 0 heterocycles. The highest BCUT2D eigenvalue weighted by molar-refractivity contribution is 14.1. The number of rotatable bonds is 2. The molecule has 0 aliphatic heterocycles. The van der Waals surface area contributed by atoms with Crippen molar-refractivity contribution in [3.63, 3.8) is 0 Å². The van der Waals surface area contributed by atoms with Gasteiger partial charge in [-0.15, -0.1) is 11.8 Å². The number of thioether (sulfide) groups is 1. The molecule has 0 spiro atoms. The lowest BCUT2D eigenvalue weighted by atomic mass is 10.4. The molecule has 0 amide bonds. The van der Waals surface area contributed by atoms with E-state index in [1.54, 1.807) is 11.8 Å². The second-order valence-electron chi connectivity index (χ2n) is 1.90. The predicted octanol–water partition coefficient (Wildman–Crippen LogP) is 3.82. The average molecular weight is 389 g/mol. The molecular formula is C8H7I2S. The van der Waals surface area contributed by atoms with Crippen LogP contribution in [0.15, 0.2) is 23.1 Å². The zero-order valence-electron chi connectivity index (χ0n) is 5.81. The van der Waals surface area contributed by atoms with Crippen LogP contribution >= 0.6 is 56.9 Å². The predicted molar refractivity (Wildman–Crippen MR) is 68.0 cm³/mol. The van der Waals surface area contributed by atoms with E-state index in [1.165, 1.54) is 12.0 Å². The molecule has 0 aliphatic carbocycles. The lowest BCUT2D eigenvalue weighted by molar-refractivity contribution is 1.35. The normalized spacial score (nSPS) is 10.1. The topological polar surface area (TPSA) is 0 Å². The molecule has 1 aromatic rings. The third-order valence-corrected chi connectivity index (χ3v) is 4.63. The number of hydrogen-bond acceptors (Lipinski definition) is 1. The standard InChI is InChI=1S/C8H7I2S/c1-2-11-8-6(9)4-3-5-7(8)10/h3-5H,1-2H2. The van der Waals surface area contributed by atoms with Crippen LogP contribution in [0.3, 0.4) is 0 Å². The summed E-state index contributed by atoms with van der Waals surface area (Å²) in [6.45, 7) is 3.82. The smallest absolute Gasteiger partial charge is 0.0339 e. The highest BCUT2D eigenvalue weighted by Gasteiger charge is 2.02. The van der Waals surface area contributed by atoms with Crippen LogP contribution in [-0.2, 0) is 0 Å². The van der Waals surface area contributed by atoms with E-state index in [4.69, 9.17) is 0 Å². The Morgan fingerprint density at radius 3 is 2.27 bits per heavy atom. The van der Waals surface area contributed by atoms with Gasteiger partial charge in [-0.3, -0.25) is 0 Å². The van der Waals surface area contributed by atoms with Gasteiger partial charge in [0.05, 0.1) is 0 Å². The van der Waals surface area contributed by atoms with Gasteiger partial charge in [0.1, 0.15) is 0 Å². The number of halogens is 2. The highest BCUT2D eigenvalue weighted by Crippen LogP contribution is 2.28. The van der Waals surface area contributed by atoms with Gasteiger partial charge < -0.3 is 0 Å². The molecule has 0 unspecified atom stereocenters. The molecule has 3 heteroatoms. The summed E-state index contributed by atoms with van der Waals surface area (Å²) in [5.74, 6) is 0.899. The fraction of sp³-hybridized carbons (Fsp3) is 0.125. The minimum Gasteiger partial charge on any atom is -0.124 e. The van der Waals surface area contributed by atoms with Gasteiger partial charge in [0, 0.05) is 12.0 Å². The van der Waals surface area contributed by atoms with Crippen molar-refractivity contribution in [1.82, 2.24) is 0 Å². The Morgan fingerprint density at radius 1 is 1.27 bits per heavy atom. The van der Waals surface area contributed by atoms with Crippen LogP contribution in [-0.4, -0.2) is 5.75 Å². The largest absolute Gasteiger partial charge is 0.124 e. The molecule has 0 atom stereocenters. The van der Waals surface area contributed by atoms with Gasteiger partial charge in [-0.25, -0.2) is 0 Å². The molecule has 0 nitrogen and oxygen atoms in total. The van der Waals surface area contributed by atoms with Crippen molar-refractivity contribution in [2.45, 2.75) is 4.90 Å². The summed E-state index contributed by atoms with van der Waals surface area (Å²) in [7, 11) is 0. The van der Waals surface area contributed by atoms with Crippen LogP contribution in [0, 0.1) is 14.1 Å². The SMILES string of the molecule is [CH2]CSc1c(I)cccc1I. The van der Waals surface area contributed by atoms with E-state index in [1.807, 2.05) is 0 Å². The van der Waals surface area contributed by atoms with E-state index in [-0.39, 0.29) is 0 Å². The first-order valence-corrected chi connectivity index (χ1v) is 6.26. The minimum atomic E-state index is 0.899. The first-order valence-electron chi connectivity index (χ1n) is 3.11. The third-order valence-electron chi connectivity index (χ3n) is 1.17. The first kappa shape index (κ1) is 10.1. The highest BCUT2D eigenvalue weighted by atomic mass is 127. The van der Waals surface area contributed by atoms with Crippen molar-refractivity contribution in [3.8, 4) is 0 Å². The third kappa shape index (κ3) is 2.77. The summed E-state index contributed by atoms with van der Waals surface area (Å²) in [6.07, 6.45) is 0. The van der Waals surface area contributed by atoms with Gasteiger partial charge in [-0.1, -0.05) is 6.07 Å². The molecule has 0 aliphatic rings. The van der Waals surface area contributed by atoms with Gasteiger partial charge in [0.15, 0.2) is 0 Å². The molecular weight excluding hydrogens is 382 g/mol. The summed E-state index contributed by atoms with van der Waals surface area (Å²) in [4.78, 5) is 1.36. The molecule has 0 bridgehead atoms. The second-order valence-corrected chi connectivity index (χ2v) is 5.33. The van der Waals surface area contributed by atoms with Crippen LogP contribution in [0.2, 0.25) is 0 Å². The van der Waals surface area contributed by atoms with Crippen molar-refractivity contribution in [1.29, 1.82) is 0 Å². The Labute approximate surface area is 98.8 Å². The van der Waals surface area contributed by atoms with E-state index in [0.29, 0.717) is 0 Å². The van der Waals surface area contributed by atoms with Gasteiger partial charge in [-0.2, -0.15) is 0 Å². The summed E-state index contributed by atoms with van der Waals surface area (Å²) < 4.78 is 2.64. The van der Waals surface area contributed by atoms with Crippen molar-refractivity contribution in [2.24, 2.45) is 0 Å². The zero-order chi connectivity index (χ0) is 8.27. The van der Waals surface area contributed by atoms with Crippen LogP contribution in [0.5, 0.6) is 0 Å². The maximum atomic E-state index is 3.82. The number of hydrogen-bond donors (Lipinski definition) is 0. The summed E-state index contributed by atoms with van der Waals surface area (Å²) in [5, 5.41) is 0. The van der Waals surface area contributed by atoms with E-state index < -0.39 is 0 Å². The number of benzene rings is 1. The molecule has 0 fully saturated rings. The lowest BCUT2D eigenvalue weighted by Gasteiger charge is -2.03. The van der Waals surface area contributed by atoms with Gasteiger partial charge in [-0.05, 0) is 70.0 Å². The van der Waals surface area contributed by atoms with Crippen LogP contribution in [0.1, 0.15) is 0 Å². The van der Waals surface area contributed by atoms with Crippen LogP contribution < -0.4 is 0 Å². The maximum absolute atomic E-state index is 3.82. The van der Waals surface area contributed by atoms with E-state index in [9.17, 15) is 0 Å². The molecule has 1 rings (SSSR count). The Hall–Kier alpha value is 1.03. The molecule has 59 valence electrons. The van der Waals surface area contributed by atoms with E-state index in [0.717, 1.165) is 5.75 Å². The maximum Gasteiger partial charge on any atom is 0.0339 e. The molecule has 0 N–H and O–H groups in total. The fourth-order valence-corrected chi connectivity index (χ4v) is 3.79. The molecule has 11 heavy (non-hydrogen) atoms. The van der Waals surface area contributed by atoms with Crippen molar-refractivity contribution >= 4 is 56.9 Å². The Balaban J connectivity index is 3.00. The molecule has 1 radical (unpaired) electrons. The van der Waals surface area contributed by atoms with Crippen molar-refractivity contribution in [2.75, 3.05) is 5.75 Å². The minimum absolute atomic E-state index is 0.899. The summed E-state index contributed by atoms with van der Waals surface area (Å²) >= 11 is 6.51. The Kier molecular flexibility index (Phi) is 4.52. The average Bonchev–Trinajstić information content (AvgIpc) is 1.97. The zero-order valence-corrected chi connectivity index (χ0v) is 10.9. The van der Waals surface area contributed by atoms with Gasteiger partial charge in [0.2, 0.25) is 0 Å². The molecule has 0 saturated carbocycles.